The highest BCUT2D eigenvalue weighted by Gasteiger charge is 2.47. The van der Waals surface area contributed by atoms with Crippen LogP contribution in [0.4, 0.5) is 4.79 Å². The fourth-order valence-electron chi connectivity index (χ4n) is 4.12. The fraction of sp³-hybridized carbons (Fsp3) is 0.174. The zero-order valence-electron chi connectivity index (χ0n) is 17.6. The molecule has 1 fully saturated rings. The maximum Gasteiger partial charge on any atom is 0.322 e. The highest BCUT2D eigenvalue weighted by atomic mass is 16.5. The lowest BCUT2D eigenvalue weighted by molar-refractivity contribution is -0.124. The average Bonchev–Trinajstić information content (AvgIpc) is 3.47. The third-order valence-electron chi connectivity index (χ3n) is 5.89. The van der Waals surface area contributed by atoms with Crippen molar-refractivity contribution in [3.8, 4) is 11.6 Å². The second-order valence-corrected chi connectivity index (χ2v) is 7.99. The van der Waals surface area contributed by atoms with Gasteiger partial charge in [0.1, 0.15) is 5.75 Å². The molecule has 0 bridgehead atoms. The van der Waals surface area contributed by atoms with Crippen LogP contribution < -0.4 is 20.7 Å². The molecule has 0 aliphatic carbocycles. The number of carbonyl (C=O) groups excluding carboxylic acids is 3. The number of benzene rings is 2. The minimum absolute atomic E-state index is 0.0653. The molecule has 0 radical (unpaired) electrons. The van der Waals surface area contributed by atoms with Crippen molar-refractivity contribution in [2.75, 3.05) is 13.7 Å². The van der Waals surface area contributed by atoms with Crippen molar-refractivity contribution in [3.05, 3.63) is 60.4 Å². The summed E-state index contributed by atoms with van der Waals surface area (Å²) in [5, 5.41) is 20.5. The predicted molar refractivity (Wildman–Crippen MR) is 120 cm³/mol. The number of carbonyl (C=O) groups is 3. The molecule has 3 heterocycles. The third-order valence-corrected chi connectivity index (χ3v) is 5.89. The van der Waals surface area contributed by atoms with Gasteiger partial charge in [0.05, 0.1) is 20.2 Å². The van der Waals surface area contributed by atoms with Crippen LogP contribution in [-0.4, -0.2) is 51.7 Å². The van der Waals surface area contributed by atoms with Crippen LogP contribution in [0.15, 0.2) is 54.9 Å². The van der Waals surface area contributed by atoms with Gasteiger partial charge in [-0.05, 0) is 41.8 Å². The lowest BCUT2D eigenvalue weighted by Crippen LogP contribution is -2.57. The first-order valence-electron chi connectivity index (χ1n) is 10.2. The summed E-state index contributed by atoms with van der Waals surface area (Å²) in [6.45, 7) is -0.271. The molecule has 1 unspecified atom stereocenters. The number of nitrogens with zero attached hydrogens (tertiary/aromatic N) is 1. The van der Waals surface area contributed by atoms with Gasteiger partial charge in [-0.2, -0.15) is 0 Å². The molecule has 1 aliphatic rings. The molecule has 2 aromatic heterocycles. The molecule has 1 atom stereocenters. The van der Waals surface area contributed by atoms with E-state index in [1.807, 2.05) is 12.1 Å². The van der Waals surface area contributed by atoms with Crippen LogP contribution >= 0.6 is 0 Å². The molecular weight excluding hydrogens is 426 g/mol. The van der Waals surface area contributed by atoms with Gasteiger partial charge in [0.25, 0.3) is 11.8 Å². The number of hydrogen-bond donors (Lipinski definition) is 5. The van der Waals surface area contributed by atoms with Crippen LogP contribution in [-0.2, 0) is 11.3 Å². The maximum atomic E-state index is 12.8. The van der Waals surface area contributed by atoms with Crippen LogP contribution in [0.3, 0.4) is 0 Å². The Morgan fingerprint density at radius 3 is 2.76 bits per heavy atom. The Balaban J connectivity index is 1.42. The van der Waals surface area contributed by atoms with E-state index >= 15 is 0 Å². The van der Waals surface area contributed by atoms with Crippen LogP contribution in [0.5, 0.6) is 11.6 Å². The molecule has 4 aromatic rings. The molecule has 1 saturated heterocycles. The molecule has 10 nitrogen and oxygen atoms in total. The number of hydrogen-bond acceptors (Lipinski definition) is 5. The number of rotatable bonds is 6. The van der Waals surface area contributed by atoms with E-state index in [0.29, 0.717) is 22.1 Å². The number of imide groups is 1. The Labute approximate surface area is 187 Å². The summed E-state index contributed by atoms with van der Waals surface area (Å²) in [5.41, 5.74) is -0.269. The standard InChI is InChI=1S/C23H21N5O5/c1-33-16-4-5-17-15(8-16)10-28(20(17)30)12-23(21(31)26-22(32)27-23)11-25-19(29)14-3-2-13-6-7-24-18(13)9-14/h2-10,24,30H,11-12H2,1H3,(H,25,29)(H2,26,27,31,32). The molecule has 0 saturated carbocycles. The molecule has 0 spiro atoms. The average molecular weight is 447 g/mol. The Kier molecular flexibility index (Phi) is 4.70. The summed E-state index contributed by atoms with van der Waals surface area (Å²) in [6, 6.07) is 11.6. The van der Waals surface area contributed by atoms with E-state index in [4.69, 9.17) is 4.74 Å². The van der Waals surface area contributed by atoms with Crippen LogP contribution in [0.1, 0.15) is 10.4 Å². The van der Waals surface area contributed by atoms with Gasteiger partial charge < -0.3 is 30.0 Å². The van der Waals surface area contributed by atoms with Gasteiger partial charge in [-0.25, -0.2) is 4.79 Å². The SMILES string of the molecule is COc1ccc2c(O)n(CC3(CNC(=O)c4ccc5cc[nH]c5c4)NC(=O)NC3=O)cc2c1. The number of ether oxygens (including phenoxy) is 1. The molecule has 2 aromatic carbocycles. The number of H-pyrrole nitrogens is 1. The van der Waals surface area contributed by atoms with Crippen LogP contribution in [0, 0.1) is 0 Å². The molecule has 5 N–H and O–H groups in total. The maximum absolute atomic E-state index is 12.8. The third kappa shape index (κ3) is 3.51. The summed E-state index contributed by atoms with van der Waals surface area (Å²) in [7, 11) is 1.54. The fourth-order valence-corrected chi connectivity index (χ4v) is 4.12. The van der Waals surface area contributed by atoms with Gasteiger partial charge in [-0.15, -0.1) is 0 Å². The first-order chi connectivity index (χ1) is 15.9. The minimum atomic E-state index is -1.49. The van der Waals surface area contributed by atoms with E-state index in [9.17, 15) is 19.5 Å². The van der Waals surface area contributed by atoms with E-state index < -0.39 is 23.4 Å². The van der Waals surface area contributed by atoms with Gasteiger partial charge >= 0.3 is 6.03 Å². The lowest BCUT2D eigenvalue weighted by atomic mass is 9.99. The van der Waals surface area contributed by atoms with Crippen LogP contribution in [0.25, 0.3) is 21.7 Å². The number of nitrogens with one attached hydrogen (secondary N) is 4. The number of methoxy groups -OCH3 is 1. The van der Waals surface area contributed by atoms with Gasteiger partial charge in [-0.1, -0.05) is 6.07 Å². The topological polar surface area (TPSA) is 137 Å². The molecule has 4 amide bonds. The van der Waals surface area contributed by atoms with E-state index in [0.717, 1.165) is 10.9 Å². The summed E-state index contributed by atoms with van der Waals surface area (Å²) in [5.74, 6) is -0.439. The van der Waals surface area contributed by atoms with Crippen molar-refractivity contribution >= 4 is 39.5 Å². The van der Waals surface area contributed by atoms with Crippen LogP contribution in [0.2, 0.25) is 0 Å². The van der Waals surface area contributed by atoms with E-state index in [2.05, 4.69) is 20.9 Å². The highest BCUT2D eigenvalue weighted by Crippen LogP contribution is 2.31. The molecule has 1 aliphatic heterocycles. The molecule has 5 rings (SSSR count). The first kappa shape index (κ1) is 20.4. The van der Waals surface area contributed by atoms with Crippen molar-refractivity contribution in [2.45, 2.75) is 12.1 Å². The summed E-state index contributed by atoms with van der Waals surface area (Å²) >= 11 is 0. The number of amides is 4. The summed E-state index contributed by atoms with van der Waals surface area (Å²) in [4.78, 5) is 40.6. The van der Waals surface area contributed by atoms with Gasteiger partial charge in [0.2, 0.25) is 0 Å². The quantitative estimate of drug-likeness (QED) is 0.287. The smallest absolute Gasteiger partial charge is 0.322 e. The molecule has 168 valence electrons. The van der Waals surface area contributed by atoms with E-state index in [1.54, 1.807) is 49.8 Å². The van der Waals surface area contributed by atoms with Gasteiger partial charge in [0, 0.05) is 34.2 Å². The number of urea groups is 1. The summed E-state index contributed by atoms with van der Waals surface area (Å²) < 4.78 is 6.69. The van der Waals surface area contributed by atoms with Gasteiger partial charge in [-0.3, -0.25) is 14.9 Å². The van der Waals surface area contributed by atoms with Crippen molar-refractivity contribution < 1.29 is 24.2 Å². The monoisotopic (exact) mass is 447 g/mol. The second kappa shape index (κ2) is 7.59. The van der Waals surface area contributed by atoms with E-state index in [1.165, 1.54) is 4.57 Å². The normalized spacial score (nSPS) is 17.8. The number of aromatic amines is 1. The van der Waals surface area contributed by atoms with E-state index in [-0.39, 0.29) is 19.0 Å². The van der Waals surface area contributed by atoms with Crippen molar-refractivity contribution in [1.29, 1.82) is 0 Å². The van der Waals surface area contributed by atoms with Gasteiger partial charge in [0.15, 0.2) is 11.4 Å². The zero-order valence-corrected chi connectivity index (χ0v) is 17.6. The number of aromatic hydroxyl groups is 1. The van der Waals surface area contributed by atoms with Crippen molar-refractivity contribution in [1.82, 2.24) is 25.5 Å². The van der Waals surface area contributed by atoms with Crippen molar-refractivity contribution in [2.24, 2.45) is 0 Å². The molecular formula is C23H21N5O5. The Morgan fingerprint density at radius 2 is 2.00 bits per heavy atom. The Hall–Kier alpha value is -4.47. The minimum Gasteiger partial charge on any atom is -0.497 e. The Bertz CT molecular complexity index is 1420. The summed E-state index contributed by atoms with van der Waals surface area (Å²) in [6.07, 6.45) is 3.44. The largest absolute Gasteiger partial charge is 0.497 e. The second-order valence-electron chi connectivity index (χ2n) is 7.99. The molecule has 10 heteroatoms. The zero-order chi connectivity index (χ0) is 23.2. The Morgan fingerprint density at radius 1 is 1.15 bits per heavy atom. The lowest BCUT2D eigenvalue weighted by Gasteiger charge is -2.27. The first-order valence-corrected chi connectivity index (χ1v) is 10.2. The number of aromatic nitrogens is 2. The number of fused-ring (bicyclic) bond motifs is 2. The predicted octanol–water partition coefficient (Wildman–Crippen LogP) is 1.84. The van der Waals surface area contributed by atoms with Crippen molar-refractivity contribution in [3.63, 3.8) is 0 Å². The molecule has 33 heavy (non-hydrogen) atoms. The highest BCUT2D eigenvalue weighted by molar-refractivity contribution is 6.08.